The Morgan fingerprint density at radius 1 is 1.18 bits per heavy atom. The summed E-state index contributed by atoms with van der Waals surface area (Å²) >= 11 is 0. The van der Waals surface area contributed by atoms with Crippen LogP contribution in [0.3, 0.4) is 0 Å². The van der Waals surface area contributed by atoms with Crippen LogP contribution in [0.25, 0.3) is 0 Å². The van der Waals surface area contributed by atoms with E-state index in [4.69, 9.17) is 0 Å². The Hall–Kier alpha value is -2.96. The molecule has 0 bridgehead atoms. The number of benzene rings is 2. The van der Waals surface area contributed by atoms with E-state index in [0.717, 1.165) is 12.0 Å². The van der Waals surface area contributed by atoms with Crippen LogP contribution < -0.4 is 10.1 Å². The molecule has 1 atom stereocenters. The molecule has 0 spiro atoms. The fourth-order valence-electron chi connectivity index (χ4n) is 3.25. The number of ether oxygens (including phenoxy) is 1. The van der Waals surface area contributed by atoms with Crippen molar-refractivity contribution in [3.05, 3.63) is 59.7 Å². The van der Waals surface area contributed by atoms with Crippen molar-refractivity contribution in [3.8, 4) is 5.75 Å². The van der Waals surface area contributed by atoms with Crippen LogP contribution in [-0.2, 0) is 4.79 Å². The molecule has 3 rings (SSSR count). The number of nitrogens with zero attached hydrogens (tertiary/aromatic N) is 1. The van der Waals surface area contributed by atoms with Gasteiger partial charge in [0, 0.05) is 30.4 Å². The summed E-state index contributed by atoms with van der Waals surface area (Å²) in [5, 5.41) is 2.73. The zero-order valence-corrected chi connectivity index (χ0v) is 15.5. The van der Waals surface area contributed by atoms with Crippen LogP contribution in [0.2, 0.25) is 0 Å². The fourth-order valence-corrected chi connectivity index (χ4v) is 3.25. The summed E-state index contributed by atoms with van der Waals surface area (Å²) in [6.45, 7) is -0.0396. The molecule has 28 heavy (non-hydrogen) atoms. The van der Waals surface area contributed by atoms with Gasteiger partial charge in [-0.2, -0.15) is 8.78 Å². The molecule has 1 aliphatic rings. The van der Waals surface area contributed by atoms with Gasteiger partial charge >= 0.3 is 6.61 Å². The van der Waals surface area contributed by atoms with Crippen molar-refractivity contribution in [1.82, 2.24) is 4.90 Å². The van der Waals surface area contributed by atoms with E-state index in [1.165, 1.54) is 18.2 Å². The van der Waals surface area contributed by atoms with Crippen molar-refractivity contribution in [2.75, 3.05) is 18.4 Å². The summed E-state index contributed by atoms with van der Waals surface area (Å²) < 4.78 is 29.0. The first-order chi connectivity index (χ1) is 13.4. The highest BCUT2D eigenvalue weighted by Crippen LogP contribution is 2.23. The zero-order valence-electron chi connectivity index (χ0n) is 15.5. The molecule has 0 radical (unpaired) electrons. The minimum absolute atomic E-state index is 0.0207. The predicted octanol–water partition coefficient (Wildman–Crippen LogP) is 4.09. The third kappa shape index (κ3) is 5.06. The Morgan fingerprint density at radius 2 is 1.93 bits per heavy atom. The fraction of sp³-hybridized carbons (Fsp3) is 0.333. The normalized spacial score (nSPS) is 16.7. The highest BCUT2D eigenvalue weighted by Gasteiger charge is 2.29. The average Bonchev–Trinajstić information content (AvgIpc) is 2.68. The van der Waals surface area contributed by atoms with Gasteiger partial charge < -0.3 is 15.0 Å². The first-order valence-corrected chi connectivity index (χ1v) is 9.14. The second-order valence-corrected chi connectivity index (χ2v) is 6.85. The van der Waals surface area contributed by atoms with Crippen LogP contribution in [0, 0.1) is 12.8 Å². The van der Waals surface area contributed by atoms with Gasteiger partial charge in [-0.25, -0.2) is 0 Å². The smallest absolute Gasteiger partial charge is 0.387 e. The summed E-state index contributed by atoms with van der Waals surface area (Å²) in [5.74, 6) is -0.712. The van der Waals surface area contributed by atoms with Crippen LogP contribution in [0.1, 0.15) is 28.8 Å². The van der Waals surface area contributed by atoms with Gasteiger partial charge in [0.05, 0.1) is 5.92 Å². The van der Waals surface area contributed by atoms with Crippen LogP contribution >= 0.6 is 0 Å². The van der Waals surface area contributed by atoms with Crippen molar-refractivity contribution in [3.63, 3.8) is 0 Å². The molecule has 2 aromatic carbocycles. The SMILES string of the molecule is Cc1ccc(C(=O)N2CCCC(C(=O)Nc3cccc(OC(F)F)c3)C2)cc1. The van der Waals surface area contributed by atoms with Gasteiger partial charge in [-0.3, -0.25) is 9.59 Å². The Kier molecular flexibility index (Phi) is 6.23. The summed E-state index contributed by atoms with van der Waals surface area (Å²) in [6, 6.07) is 13.2. The number of hydrogen-bond donors (Lipinski definition) is 1. The lowest BCUT2D eigenvalue weighted by atomic mass is 9.96. The van der Waals surface area contributed by atoms with Crippen LogP contribution in [0.5, 0.6) is 5.75 Å². The second-order valence-electron chi connectivity index (χ2n) is 6.85. The van der Waals surface area contributed by atoms with E-state index in [0.29, 0.717) is 30.8 Å². The summed E-state index contributed by atoms with van der Waals surface area (Å²) in [5.41, 5.74) is 2.05. The van der Waals surface area contributed by atoms with Crippen molar-refractivity contribution < 1.29 is 23.1 Å². The largest absolute Gasteiger partial charge is 0.435 e. The topological polar surface area (TPSA) is 58.6 Å². The molecule has 2 amide bonds. The first kappa shape index (κ1) is 19.8. The Bertz CT molecular complexity index is 840. The predicted molar refractivity (Wildman–Crippen MR) is 102 cm³/mol. The third-order valence-corrected chi connectivity index (χ3v) is 4.70. The molecule has 1 heterocycles. The minimum atomic E-state index is -2.93. The van der Waals surface area contributed by atoms with Crippen LogP contribution in [-0.4, -0.2) is 36.4 Å². The lowest BCUT2D eigenvalue weighted by molar-refractivity contribution is -0.121. The number of anilines is 1. The molecule has 1 saturated heterocycles. The molecular weight excluding hydrogens is 366 g/mol. The van der Waals surface area contributed by atoms with E-state index >= 15 is 0 Å². The summed E-state index contributed by atoms with van der Waals surface area (Å²) in [7, 11) is 0. The molecule has 7 heteroatoms. The number of halogens is 2. The van der Waals surface area contributed by atoms with Crippen molar-refractivity contribution in [2.24, 2.45) is 5.92 Å². The van der Waals surface area contributed by atoms with E-state index in [-0.39, 0.29) is 23.5 Å². The Labute approximate surface area is 162 Å². The van der Waals surface area contributed by atoms with E-state index in [1.54, 1.807) is 23.1 Å². The van der Waals surface area contributed by atoms with Crippen molar-refractivity contribution >= 4 is 17.5 Å². The zero-order chi connectivity index (χ0) is 20.1. The van der Waals surface area contributed by atoms with Gasteiger partial charge in [-0.1, -0.05) is 23.8 Å². The minimum Gasteiger partial charge on any atom is -0.435 e. The van der Waals surface area contributed by atoms with Crippen molar-refractivity contribution in [1.29, 1.82) is 0 Å². The molecule has 148 valence electrons. The molecule has 0 aromatic heterocycles. The van der Waals surface area contributed by atoms with Crippen molar-refractivity contribution in [2.45, 2.75) is 26.4 Å². The maximum absolute atomic E-state index is 12.7. The third-order valence-electron chi connectivity index (χ3n) is 4.70. The van der Waals surface area contributed by atoms with Gasteiger partial charge in [0.25, 0.3) is 5.91 Å². The second kappa shape index (κ2) is 8.82. The number of aryl methyl sites for hydroxylation is 1. The molecule has 1 unspecified atom stereocenters. The standard InChI is InChI=1S/C21H22F2N2O3/c1-14-7-9-15(10-8-14)20(27)25-11-3-4-16(13-25)19(26)24-17-5-2-6-18(12-17)28-21(22)23/h2,5-10,12,16,21H,3-4,11,13H2,1H3,(H,24,26). The van der Waals surface area contributed by atoms with Gasteiger partial charge in [-0.15, -0.1) is 0 Å². The molecule has 2 aromatic rings. The number of carbonyl (C=O) groups excluding carboxylic acids is 2. The van der Waals surface area contributed by atoms with Gasteiger partial charge in [-0.05, 0) is 44.0 Å². The van der Waals surface area contributed by atoms with E-state index < -0.39 is 6.61 Å². The molecule has 1 N–H and O–H groups in total. The van der Waals surface area contributed by atoms with Gasteiger partial charge in [0.2, 0.25) is 5.91 Å². The monoisotopic (exact) mass is 388 g/mol. The number of likely N-dealkylation sites (tertiary alicyclic amines) is 1. The number of amides is 2. The molecule has 1 fully saturated rings. The maximum atomic E-state index is 12.7. The molecular formula is C21H22F2N2O3. The van der Waals surface area contributed by atoms with Gasteiger partial charge in [0.15, 0.2) is 0 Å². The van der Waals surface area contributed by atoms with E-state index in [1.807, 2.05) is 19.1 Å². The van der Waals surface area contributed by atoms with Crippen LogP contribution in [0.4, 0.5) is 14.5 Å². The molecule has 5 nitrogen and oxygen atoms in total. The highest BCUT2D eigenvalue weighted by atomic mass is 19.3. The number of alkyl halides is 2. The Balaban J connectivity index is 1.63. The first-order valence-electron chi connectivity index (χ1n) is 9.14. The van der Waals surface area contributed by atoms with E-state index in [2.05, 4.69) is 10.1 Å². The number of carbonyl (C=O) groups is 2. The van der Waals surface area contributed by atoms with Crippen LogP contribution in [0.15, 0.2) is 48.5 Å². The molecule has 0 aliphatic carbocycles. The van der Waals surface area contributed by atoms with E-state index in [9.17, 15) is 18.4 Å². The molecule has 1 aliphatic heterocycles. The lowest BCUT2D eigenvalue weighted by Gasteiger charge is -2.32. The number of piperidine rings is 1. The molecule has 0 saturated carbocycles. The highest BCUT2D eigenvalue weighted by molar-refractivity contribution is 5.96. The summed E-state index contributed by atoms with van der Waals surface area (Å²) in [6.07, 6.45) is 1.39. The quantitative estimate of drug-likeness (QED) is 0.839. The number of rotatable bonds is 5. The average molecular weight is 388 g/mol. The lowest BCUT2D eigenvalue weighted by Crippen LogP contribution is -2.43. The van der Waals surface area contributed by atoms with Gasteiger partial charge in [0.1, 0.15) is 5.75 Å². The number of nitrogens with one attached hydrogen (secondary N) is 1. The Morgan fingerprint density at radius 3 is 2.64 bits per heavy atom. The number of hydrogen-bond acceptors (Lipinski definition) is 3. The maximum Gasteiger partial charge on any atom is 0.387 e. The summed E-state index contributed by atoms with van der Waals surface area (Å²) in [4.78, 5) is 27.0.